The monoisotopic (exact) mass is 467 g/mol. The van der Waals surface area contributed by atoms with Gasteiger partial charge in [-0.3, -0.25) is 9.59 Å². The zero-order valence-electron chi connectivity index (χ0n) is 19.1. The maximum atomic E-state index is 14.5. The molecule has 0 aliphatic carbocycles. The first-order valence-corrected chi connectivity index (χ1v) is 12.9. The highest BCUT2D eigenvalue weighted by atomic mass is 32.2. The van der Waals surface area contributed by atoms with Crippen molar-refractivity contribution in [3.8, 4) is 0 Å². The summed E-state index contributed by atoms with van der Waals surface area (Å²) in [4.78, 5) is 26.6. The summed E-state index contributed by atoms with van der Waals surface area (Å²) in [6.45, 7) is 7.61. The number of benzene rings is 1. The van der Waals surface area contributed by atoms with E-state index in [-0.39, 0.29) is 29.3 Å². The predicted molar refractivity (Wildman–Crippen MR) is 120 cm³/mol. The first-order chi connectivity index (χ1) is 15.1. The number of likely N-dealkylation sites (tertiary alicyclic amines) is 1. The molecule has 1 aromatic rings. The lowest BCUT2D eigenvalue weighted by Gasteiger charge is -2.32. The predicted octanol–water partition coefficient (Wildman–Crippen LogP) is 3.01. The van der Waals surface area contributed by atoms with E-state index in [1.54, 1.807) is 4.90 Å². The van der Waals surface area contributed by atoms with Gasteiger partial charge >= 0.3 is 0 Å². The molecule has 2 amide bonds. The molecule has 2 saturated heterocycles. The molecule has 2 fully saturated rings. The van der Waals surface area contributed by atoms with Gasteiger partial charge in [0.1, 0.15) is 10.7 Å². The van der Waals surface area contributed by atoms with E-state index in [9.17, 15) is 22.4 Å². The Morgan fingerprint density at radius 3 is 2.25 bits per heavy atom. The summed E-state index contributed by atoms with van der Waals surface area (Å²) in [6, 6.07) is 3.62. The van der Waals surface area contributed by atoms with Crippen LogP contribution in [0.25, 0.3) is 0 Å². The molecule has 2 heterocycles. The Labute approximate surface area is 190 Å². The van der Waals surface area contributed by atoms with Gasteiger partial charge in [-0.25, -0.2) is 12.8 Å². The van der Waals surface area contributed by atoms with Crippen LogP contribution in [-0.4, -0.2) is 61.7 Å². The summed E-state index contributed by atoms with van der Waals surface area (Å²) in [5, 5.41) is 3.03. The number of sulfonamides is 1. The molecule has 178 valence electrons. The molecule has 1 unspecified atom stereocenters. The maximum Gasteiger partial charge on any atom is 0.253 e. The molecule has 0 aromatic heterocycles. The fourth-order valence-corrected chi connectivity index (χ4v) is 5.72. The topological polar surface area (TPSA) is 86.8 Å². The number of amides is 2. The van der Waals surface area contributed by atoms with E-state index >= 15 is 0 Å². The lowest BCUT2D eigenvalue weighted by Crippen LogP contribution is -2.45. The van der Waals surface area contributed by atoms with E-state index in [2.05, 4.69) is 19.2 Å². The molecule has 0 bridgehead atoms. The van der Waals surface area contributed by atoms with Crippen LogP contribution in [0, 0.1) is 17.7 Å². The molecule has 0 saturated carbocycles. The molecule has 0 spiro atoms. The van der Waals surface area contributed by atoms with Crippen molar-refractivity contribution in [1.29, 1.82) is 0 Å². The summed E-state index contributed by atoms with van der Waals surface area (Å²) in [6.07, 6.45) is 3.54. The van der Waals surface area contributed by atoms with Gasteiger partial charge in [-0.2, -0.15) is 4.31 Å². The Kier molecular flexibility index (Phi) is 7.92. The second-order valence-corrected chi connectivity index (χ2v) is 11.1. The molecule has 3 rings (SSSR count). The number of nitrogens with one attached hydrogen (secondary N) is 1. The number of carbonyl (C=O) groups excluding carboxylic acids is 2. The average Bonchev–Trinajstić information content (AvgIpc) is 2.79. The van der Waals surface area contributed by atoms with E-state index in [4.69, 9.17) is 0 Å². The summed E-state index contributed by atoms with van der Waals surface area (Å²) in [5.74, 6) is -0.982. The number of hydrogen-bond acceptors (Lipinski definition) is 4. The minimum Gasteiger partial charge on any atom is -0.353 e. The maximum absolute atomic E-state index is 14.5. The molecule has 1 aromatic carbocycles. The van der Waals surface area contributed by atoms with Crippen molar-refractivity contribution in [3.63, 3.8) is 0 Å². The van der Waals surface area contributed by atoms with Crippen molar-refractivity contribution in [2.24, 2.45) is 11.8 Å². The van der Waals surface area contributed by atoms with E-state index in [1.165, 1.54) is 10.4 Å². The first-order valence-electron chi connectivity index (χ1n) is 11.5. The van der Waals surface area contributed by atoms with Crippen LogP contribution >= 0.6 is 0 Å². The second kappa shape index (κ2) is 10.3. The largest absolute Gasteiger partial charge is 0.353 e. The van der Waals surface area contributed by atoms with Gasteiger partial charge in [-0.1, -0.05) is 20.3 Å². The molecular weight excluding hydrogens is 433 g/mol. The number of halogens is 1. The van der Waals surface area contributed by atoms with Gasteiger partial charge in [0.2, 0.25) is 15.9 Å². The Morgan fingerprint density at radius 1 is 1.03 bits per heavy atom. The van der Waals surface area contributed by atoms with Gasteiger partial charge in [0.05, 0.1) is 0 Å². The summed E-state index contributed by atoms with van der Waals surface area (Å²) >= 11 is 0. The van der Waals surface area contributed by atoms with Crippen molar-refractivity contribution in [2.45, 2.75) is 63.8 Å². The van der Waals surface area contributed by atoms with E-state index in [0.717, 1.165) is 31.4 Å². The lowest BCUT2D eigenvalue weighted by molar-refractivity contribution is -0.127. The summed E-state index contributed by atoms with van der Waals surface area (Å²) in [7, 11) is -3.98. The number of rotatable bonds is 6. The molecule has 32 heavy (non-hydrogen) atoms. The lowest BCUT2D eigenvalue weighted by atomic mass is 9.94. The fraction of sp³-hybridized carbons (Fsp3) is 0.652. The summed E-state index contributed by atoms with van der Waals surface area (Å²) < 4.78 is 41.6. The van der Waals surface area contributed by atoms with Crippen LogP contribution in [0.5, 0.6) is 0 Å². The highest BCUT2D eigenvalue weighted by molar-refractivity contribution is 7.89. The van der Waals surface area contributed by atoms with Crippen molar-refractivity contribution in [2.75, 3.05) is 26.2 Å². The van der Waals surface area contributed by atoms with Crippen molar-refractivity contribution in [3.05, 3.63) is 29.6 Å². The molecule has 1 atom stereocenters. The zero-order chi connectivity index (χ0) is 23.5. The zero-order valence-corrected chi connectivity index (χ0v) is 20.0. The smallest absolute Gasteiger partial charge is 0.253 e. The van der Waals surface area contributed by atoms with Gasteiger partial charge in [-0.05, 0) is 56.7 Å². The third kappa shape index (κ3) is 5.49. The Balaban J connectivity index is 1.67. The molecular formula is C23H34FN3O4S. The third-order valence-corrected chi connectivity index (χ3v) is 8.55. The molecule has 2 aliphatic heterocycles. The van der Waals surface area contributed by atoms with Crippen molar-refractivity contribution < 1.29 is 22.4 Å². The minimum absolute atomic E-state index is 0.00925. The molecule has 0 radical (unpaired) electrons. The Hall–Kier alpha value is -2.00. The average molecular weight is 468 g/mol. The highest BCUT2D eigenvalue weighted by Crippen LogP contribution is 2.26. The molecule has 1 N–H and O–H groups in total. The molecule has 2 aliphatic rings. The van der Waals surface area contributed by atoms with Gasteiger partial charge in [-0.15, -0.1) is 0 Å². The van der Waals surface area contributed by atoms with E-state index in [0.29, 0.717) is 44.9 Å². The number of hydrogen-bond donors (Lipinski definition) is 1. The number of nitrogens with zero attached hydrogens (tertiary/aromatic N) is 2. The third-order valence-electron chi connectivity index (χ3n) is 6.63. The Morgan fingerprint density at radius 2 is 1.66 bits per heavy atom. The SMILES string of the molecule is CC(C)C(C)NC(=O)C1CCN(C(=O)c2ccc(F)c(S(=O)(=O)N3CCCCC3)c2)CC1. The molecule has 7 nitrogen and oxygen atoms in total. The van der Waals surface area contributed by atoms with Crippen molar-refractivity contribution >= 4 is 21.8 Å². The van der Waals surface area contributed by atoms with Crippen LogP contribution in [0.2, 0.25) is 0 Å². The van der Waals surface area contributed by atoms with Crippen LogP contribution < -0.4 is 5.32 Å². The van der Waals surface area contributed by atoms with Crippen LogP contribution in [0.4, 0.5) is 4.39 Å². The van der Waals surface area contributed by atoms with Gasteiger partial charge in [0, 0.05) is 43.7 Å². The van der Waals surface area contributed by atoms with Gasteiger partial charge < -0.3 is 10.2 Å². The number of carbonyl (C=O) groups is 2. The van der Waals surface area contributed by atoms with Crippen LogP contribution in [-0.2, 0) is 14.8 Å². The Bertz CT molecular complexity index is 937. The van der Waals surface area contributed by atoms with Crippen LogP contribution in [0.15, 0.2) is 23.1 Å². The normalized spacial score (nSPS) is 19.7. The molecule has 9 heteroatoms. The van der Waals surface area contributed by atoms with Crippen LogP contribution in [0.1, 0.15) is 63.2 Å². The fourth-order valence-electron chi connectivity index (χ4n) is 4.11. The number of piperidine rings is 2. The first kappa shape index (κ1) is 24.6. The van der Waals surface area contributed by atoms with E-state index < -0.39 is 20.7 Å². The summed E-state index contributed by atoms with van der Waals surface area (Å²) in [5.41, 5.74) is 0.151. The van der Waals surface area contributed by atoms with Crippen molar-refractivity contribution in [1.82, 2.24) is 14.5 Å². The van der Waals surface area contributed by atoms with Gasteiger partial charge in [0.15, 0.2) is 0 Å². The standard InChI is InChI=1S/C23H34FN3O4S/c1-16(2)17(3)25-22(28)18-9-13-26(14-10-18)23(29)19-7-8-20(24)21(15-19)32(30,31)27-11-5-4-6-12-27/h7-8,15-18H,4-6,9-14H2,1-3H3,(H,25,28). The highest BCUT2D eigenvalue weighted by Gasteiger charge is 2.32. The quantitative estimate of drug-likeness (QED) is 0.697. The minimum atomic E-state index is -3.98. The van der Waals surface area contributed by atoms with Crippen LogP contribution in [0.3, 0.4) is 0 Å². The second-order valence-electron chi connectivity index (χ2n) is 9.22. The van der Waals surface area contributed by atoms with E-state index in [1.807, 2.05) is 6.92 Å². The van der Waals surface area contributed by atoms with Gasteiger partial charge in [0.25, 0.3) is 5.91 Å².